The molecule has 0 aromatic carbocycles. The van der Waals surface area contributed by atoms with Gasteiger partial charge < -0.3 is 20.2 Å². The number of unbranched alkanes of at least 4 members (excludes halogenated alkanes) is 1. The highest BCUT2D eigenvalue weighted by Crippen LogP contribution is 2.42. The van der Waals surface area contributed by atoms with E-state index in [1.54, 1.807) is 6.20 Å². The number of hydrogen-bond acceptors (Lipinski definition) is 4. The first kappa shape index (κ1) is 14.3. The first-order valence-electron chi connectivity index (χ1n) is 7.54. The maximum atomic E-state index is 11.7. The molecule has 4 N–H and O–H groups in total. The van der Waals surface area contributed by atoms with Crippen molar-refractivity contribution in [3.05, 3.63) is 28.4 Å². The molecule has 21 heavy (non-hydrogen) atoms. The van der Waals surface area contributed by atoms with Gasteiger partial charge in [0.1, 0.15) is 5.52 Å². The average Bonchev–Trinajstić information content (AvgIpc) is 3.02. The number of aromatic nitrogens is 3. The molecule has 1 aliphatic carbocycles. The molecule has 0 radical (unpaired) electrons. The standard InChI is InChI=1S/C15H21N3O3/c1-2-3-4-8-5-9(14(20)13(8)19)10-6-16-12-11(10)17-7-18-15(12)21/h6-9,13-14,16,19-20H,2-5H2,1H3,(H,17,18,21)/t8-,9-,13+,14-/m0/s1. The summed E-state index contributed by atoms with van der Waals surface area (Å²) in [6, 6.07) is 0. The van der Waals surface area contributed by atoms with Crippen LogP contribution in [0.3, 0.4) is 0 Å². The molecule has 114 valence electrons. The minimum absolute atomic E-state index is 0.108. The van der Waals surface area contributed by atoms with Crippen molar-refractivity contribution < 1.29 is 10.2 Å². The minimum Gasteiger partial charge on any atom is -0.390 e. The third-order valence-corrected chi connectivity index (χ3v) is 4.63. The van der Waals surface area contributed by atoms with E-state index in [2.05, 4.69) is 21.9 Å². The Labute approximate surface area is 122 Å². The number of nitrogens with one attached hydrogen (secondary N) is 2. The van der Waals surface area contributed by atoms with Gasteiger partial charge in [0.25, 0.3) is 5.56 Å². The van der Waals surface area contributed by atoms with E-state index < -0.39 is 12.2 Å². The Morgan fingerprint density at radius 1 is 1.33 bits per heavy atom. The number of rotatable bonds is 4. The lowest BCUT2D eigenvalue weighted by Gasteiger charge is -2.16. The Hall–Kier alpha value is -1.66. The van der Waals surface area contributed by atoms with Gasteiger partial charge in [-0.15, -0.1) is 0 Å². The van der Waals surface area contributed by atoms with E-state index in [0.717, 1.165) is 31.2 Å². The van der Waals surface area contributed by atoms with Gasteiger partial charge in [0.2, 0.25) is 0 Å². The zero-order valence-corrected chi connectivity index (χ0v) is 12.0. The van der Waals surface area contributed by atoms with E-state index in [1.165, 1.54) is 6.33 Å². The lowest BCUT2D eigenvalue weighted by molar-refractivity contribution is 0.0127. The molecule has 2 heterocycles. The van der Waals surface area contributed by atoms with Crippen molar-refractivity contribution in [3.63, 3.8) is 0 Å². The average molecular weight is 291 g/mol. The molecule has 2 aromatic rings. The Morgan fingerprint density at radius 2 is 2.14 bits per heavy atom. The van der Waals surface area contributed by atoms with Gasteiger partial charge in [-0.2, -0.15) is 0 Å². The van der Waals surface area contributed by atoms with Gasteiger partial charge in [-0.1, -0.05) is 19.8 Å². The molecule has 0 amide bonds. The fourth-order valence-corrected chi connectivity index (χ4v) is 3.44. The van der Waals surface area contributed by atoms with Crippen molar-refractivity contribution in [3.8, 4) is 0 Å². The summed E-state index contributed by atoms with van der Waals surface area (Å²) in [4.78, 5) is 21.4. The van der Waals surface area contributed by atoms with E-state index in [4.69, 9.17) is 0 Å². The molecule has 0 spiro atoms. The van der Waals surface area contributed by atoms with Gasteiger partial charge in [0.05, 0.1) is 24.1 Å². The normalized spacial score (nSPS) is 29.3. The Bertz CT molecular complexity index is 678. The third-order valence-electron chi connectivity index (χ3n) is 4.63. The van der Waals surface area contributed by atoms with Gasteiger partial charge in [0, 0.05) is 17.7 Å². The largest absolute Gasteiger partial charge is 0.390 e. The molecule has 6 nitrogen and oxygen atoms in total. The molecule has 1 fully saturated rings. The van der Waals surface area contributed by atoms with Crippen LogP contribution in [0.25, 0.3) is 11.0 Å². The fraction of sp³-hybridized carbons (Fsp3) is 0.600. The number of hydrogen-bond donors (Lipinski definition) is 4. The molecule has 1 aliphatic rings. The van der Waals surface area contributed by atoms with Crippen LogP contribution in [0.1, 0.15) is 44.1 Å². The summed E-state index contributed by atoms with van der Waals surface area (Å²) in [6.07, 6.45) is 5.37. The molecule has 0 aliphatic heterocycles. The minimum atomic E-state index is -0.799. The van der Waals surface area contributed by atoms with Crippen LogP contribution in [-0.2, 0) is 0 Å². The molecule has 1 saturated carbocycles. The van der Waals surface area contributed by atoms with Crippen molar-refractivity contribution >= 4 is 11.0 Å². The van der Waals surface area contributed by atoms with Crippen LogP contribution in [0, 0.1) is 5.92 Å². The number of nitrogens with zero attached hydrogens (tertiary/aromatic N) is 1. The molecule has 0 saturated heterocycles. The maximum Gasteiger partial charge on any atom is 0.275 e. The highest BCUT2D eigenvalue weighted by molar-refractivity contribution is 5.78. The van der Waals surface area contributed by atoms with Crippen molar-refractivity contribution in [1.29, 1.82) is 0 Å². The monoisotopic (exact) mass is 291 g/mol. The highest BCUT2D eigenvalue weighted by Gasteiger charge is 2.42. The highest BCUT2D eigenvalue weighted by atomic mass is 16.3. The van der Waals surface area contributed by atoms with Crippen molar-refractivity contribution in [2.24, 2.45) is 5.92 Å². The molecule has 3 rings (SSSR count). The topological polar surface area (TPSA) is 102 Å². The second-order valence-electron chi connectivity index (χ2n) is 5.92. The van der Waals surface area contributed by atoms with Gasteiger partial charge in [-0.3, -0.25) is 4.79 Å². The predicted octanol–water partition coefficient (Wildman–Crippen LogP) is 1.27. The summed E-state index contributed by atoms with van der Waals surface area (Å²) in [5, 5.41) is 20.6. The number of aliphatic hydroxyl groups excluding tert-OH is 2. The van der Waals surface area contributed by atoms with E-state index in [9.17, 15) is 15.0 Å². The zero-order valence-electron chi connectivity index (χ0n) is 12.0. The second-order valence-corrected chi connectivity index (χ2v) is 5.92. The maximum absolute atomic E-state index is 11.7. The van der Waals surface area contributed by atoms with E-state index in [-0.39, 0.29) is 17.4 Å². The first-order valence-corrected chi connectivity index (χ1v) is 7.54. The lowest BCUT2D eigenvalue weighted by atomic mass is 9.95. The molecule has 6 heteroatoms. The van der Waals surface area contributed by atoms with Gasteiger partial charge in [-0.25, -0.2) is 4.98 Å². The smallest absolute Gasteiger partial charge is 0.275 e. The predicted molar refractivity (Wildman–Crippen MR) is 79.1 cm³/mol. The Balaban J connectivity index is 1.92. The van der Waals surface area contributed by atoms with Crippen LogP contribution in [0.5, 0.6) is 0 Å². The molecular formula is C15H21N3O3. The van der Waals surface area contributed by atoms with E-state index >= 15 is 0 Å². The third kappa shape index (κ3) is 2.38. The van der Waals surface area contributed by atoms with Crippen molar-refractivity contribution in [1.82, 2.24) is 15.0 Å². The van der Waals surface area contributed by atoms with Crippen LogP contribution in [0.2, 0.25) is 0 Å². The number of aliphatic hydroxyl groups is 2. The lowest BCUT2D eigenvalue weighted by Crippen LogP contribution is -2.27. The molecule has 0 unspecified atom stereocenters. The van der Waals surface area contributed by atoms with Gasteiger partial charge in [0.15, 0.2) is 0 Å². The summed E-state index contributed by atoms with van der Waals surface area (Å²) >= 11 is 0. The molecular weight excluding hydrogens is 270 g/mol. The fourth-order valence-electron chi connectivity index (χ4n) is 3.44. The SMILES string of the molecule is CCCC[C@H]1C[C@@H](c2c[nH]c3c(=O)[nH]cnc23)[C@H](O)[C@@H]1O. The van der Waals surface area contributed by atoms with Crippen LogP contribution in [0.15, 0.2) is 17.3 Å². The summed E-state index contributed by atoms with van der Waals surface area (Å²) in [7, 11) is 0. The second kappa shape index (κ2) is 5.61. The van der Waals surface area contributed by atoms with Crippen molar-refractivity contribution in [2.75, 3.05) is 0 Å². The molecule has 2 aromatic heterocycles. The van der Waals surface area contributed by atoms with Gasteiger partial charge in [-0.05, 0) is 18.8 Å². The van der Waals surface area contributed by atoms with E-state index in [1.807, 2.05) is 0 Å². The number of aromatic amines is 2. The first-order chi connectivity index (χ1) is 10.1. The van der Waals surface area contributed by atoms with Crippen LogP contribution >= 0.6 is 0 Å². The summed E-state index contributed by atoms with van der Waals surface area (Å²) in [6.45, 7) is 2.12. The zero-order chi connectivity index (χ0) is 15.0. The Kier molecular flexibility index (Phi) is 3.82. The summed E-state index contributed by atoms with van der Waals surface area (Å²) < 4.78 is 0. The van der Waals surface area contributed by atoms with Crippen LogP contribution in [-0.4, -0.2) is 37.4 Å². The van der Waals surface area contributed by atoms with Crippen LogP contribution in [0.4, 0.5) is 0 Å². The van der Waals surface area contributed by atoms with Crippen LogP contribution < -0.4 is 5.56 Å². The summed E-state index contributed by atoms with van der Waals surface area (Å²) in [5.41, 5.74) is 1.61. The summed E-state index contributed by atoms with van der Waals surface area (Å²) in [5.74, 6) is -0.0678. The quantitative estimate of drug-likeness (QED) is 0.681. The number of fused-ring (bicyclic) bond motifs is 1. The molecule has 0 bridgehead atoms. The molecule has 4 atom stereocenters. The Morgan fingerprint density at radius 3 is 2.90 bits per heavy atom. The van der Waals surface area contributed by atoms with Gasteiger partial charge >= 0.3 is 0 Å². The van der Waals surface area contributed by atoms with E-state index in [0.29, 0.717) is 11.0 Å². The number of H-pyrrole nitrogens is 2. The van der Waals surface area contributed by atoms with Crippen molar-refractivity contribution in [2.45, 2.75) is 50.7 Å².